The number of Topliss-reactive ketones (excluding diaryl/α,β-unsaturated/α-hetero) is 1. The van der Waals surface area contributed by atoms with E-state index in [1.165, 1.54) is 44.7 Å². The molecule has 3 aliphatic rings. The zero-order valence-corrected chi connectivity index (χ0v) is 19.8. The lowest BCUT2D eigenvalue weighted by Crippen LogP contribution is -2.46. The number of hydrogen-bond donors (Lipinski definition) is 0. The predicted octanol–water partition coefficient (Wildman–Crippen LogP) is 2.09. The first kappa shape index (κ1) is 23.3. The minimum Gasteiger partial charge on any atom is -0.493 e. The summed E-state index contributed by atoms with van der Waals surface area (Å²) < 4.78 is 15.4. The van der Waals surface area contributed by atoms with Crippen molar-refractivity contribution in [1.82, 2.24) is 5.01 Å². The molecule has 4 atom stereocenters. The number of allylic oxidation sites excluding steroid dienone is 1. The minimum absolute atomic E-state index is 0.0819. The Balaban J connectivity index is 1.58. The van der Waals surface area contributed by atoms with Crippen LogP contribution >= 0.6 is 0 Å². The minimum atomic E-state index is -1.04. The zero-order chi connectivity index (χ0) is 25.6. The van der Waals surface area contributed by atoms with Crippen LogP contribution in [0.1, 0.15) is 20.7 Å². The molecule has 3 aliphatic heterocycles. The normalized spacial score (nSPS) is 24.0. The van der Waals surface area contributed by atoms with Gasteiger partial charge in [-0.15, -0.1) is 0 Å². The van der Waals surface area contributed by atoms with Crippen LogP contribution in [0.25, 0.3) is 0 Å². The number of amides is 2. The SMILES string of the molecule is COC(=O)c1ccccc1N1C(=O)[C@H]2[C@H](C1=O)[C@H](C(=O)c1ccc(OC)c(OC)c1)N1N=CC=C[C@H]21. The predicted molar refractivity (Wildman–Crippen MR) is 128 cm³/mol. The number of ether oxygens (including phenoxy) is 3. The van der Waals surface area contributed by atoms with Crippen molar-refractivity contribution in [2.24, 2.45) is 16.9 Å². The van der Waals surface area contributed by atoms with Crippen molar-refractivity contribution in [2.45, 2.75) is 12.1 Å². The summed E-state index contributed by atoms with van der Waals surface area (Å²) in [4.78, 5) is 54.7. The maximum atomic E-state index is 13.8. The van der Waals surface area contributed by atoms with E-state index in [4.69, 9.17) is 14.2 Å². The number of hydrogen-bond acceptors (Lipinski definition) is 9. The highest BCUT2D eigenvalue weighted by Gasteiger charge is 2.64. The van der Waals surface area contributed by atoms with Crippen LogP contribution < -0.4 is 14.4 Å². The third-order valence-electron chi connectivity index (χ3n) is 6.78. The molecule has 2 aromatic carbocycles. The van der Waals surface area contributed by atoms with Gasteiger partial charge in [0.2, 0.25) is 11.8 Å². The van der Waals surface area contributed by atoms with E-state index in [0.29, 0.717) is 11.5 Å². The van der Waals surface area contributed by atoms with Crippen LogP contribution in [-0.4, -0.2) is 68.2 Å². The second kappa shape index (κ2) is 8.95. The lowest BCUT2D eigenvalue weighted by Gasteiger charge is -2.30. The van der Waals surface area contributed by atoms with Gasteiger partial charge in [-0.1, -0.05) is 18.2 Å². The van der Waals surface area contributed by atoms with Gasteiger partial charge in [-0.05, 0) is 36.4 Å². The fraction of sp³-hybridized carbons (Fsp3) is 0.269. The van der Waals surface area contributed by atoms with Gasteiger partial charge in [0.25, 0.3) is 0 Å². The molecular formula is C26H23N3O7. The van der Waals surface area contributed by atoms with Gasteiger partial charge in [0.1, 0.15) is 6.04 Å². The van der Waals surface area contributed by atoms with E-state index in [1.807, 2.05) is 0 Å². The molecule has 0 unspecified atom stereocenters. The maximum absolute atomic E-state index is 13.8. The number of hydrazone groups is 1. The second-order valence-corrected chi connectivity index (χ2v) is 8.47. The van der Waals surface area contributed by atoms with Crippen LogP contribution in [0.4, 0.5) is 5.69 Å². The standard InChI is InChI=1S/C26H23N3O7/c1-34-18-11-10-14(13-19(18)35-2)23(30)22-21-20(17-9-6-12-27-29(17)22)24(31)28(25(21)32)16-8-5-4-7-15(16)26(33)36-3/h4-13,17,20-22H,1-3H3/t17-,20-,21+,22-/m1/s1. The van der Waals surface area contributed by atoms with Crippen LogP contribution in [0.2, 0.25) is 0 Å². The van der Waals surface area contributed by atoms with E-state index < -0.39 is 41.7 Å². The van der Waals surface area contributed by atoms with E-state index in [-0.39, 0.29) is 22.6 Å². The van der Waals surface area contributed by atoms with Crippen molar-refractivity contribution < 1.29 is 33.4 Å². The molecule has 0 aromatic heterocycles. The molecule has 0 saturated carbocycles. The third-order valence-corrected chi connectivity index (χ3v) is 6.78. The van der Waals surface area contributed by atoms with E-state index in [0.717, 1.165) is 4.90 Å². The second-order valence-electron chi connectivity index (χ2n) is 8.47. The smallest absolute Gasteiger partial charge is 0.339 e. The largest absolute Gasteiger partial charge is 0.493 e. The lowest BCUT2D eigenvalue weighted by atomic mass is 9.86. The Morgan fingerprint density at radius 3 is 2.36 bits per heavy atom. The summed E-state index contributed by atoms with van der Waals surface area (Å²) in [7, 11) is 4.18. The summed E-state index contributed by atoms with van der Waals surface area (Å²) >= 11 is 0. The van der Waals surface area contributed by atoms with Crippen molar-refractivity contribution in [2.75, 3.05) is 26.2 Å². The molecule has 10 heteroatoms. The highest BCUT2D eigenvalue weighted by Crippen LogP contribution is 2.47. The Bertz CT molecular complexity index is 1330. The van der Waals surface area contributed by atoms with E-state index in [2.05, 4.69) is 5.10 Å². The Kier molecular flexibility index (Phi) is 5.79. The average molecular weight is 489 g/mol. The molecule has 5 rings (SSSR count). The molecule has 2 aromatic rings. The van der Waals surface area contributed by atoms with E-state index in [1.54, 1.807) is 42.5 Å². The highest BCUT2D eigenvalue weighted by atomic mass is 16.5. The summed E-state index contributed by atoms with van der Waals surface area (Å²) in [6.07, 6.45) is 4.96. The fourth-order valence-corrected chi connectivity index (χ4v) is 5.19. The van der Waals surface area contributed by atoms with Crippen molar-refractivity contribution >= 4 is 35.5 Å². The van der Waals surface area contributed by atoms with Crippen molar-refractivity contribution in [1.29, 1.82) is 0 Å². The monoisotopic (exact) mass is 489 g/mol. The molecule has 3 heterocycles. The number of ketones is 1. The molecular weight excluding hydrogens is 466 g/mol. The number of benzene rings is 2. The van der Waals surface area contributed by atoms with Gasteiger partial charge >= 0.3 is 5.97 Å². The molecule has 2 fully saturated rings. The Labute approximate surface area is 206 Å². The van der Waals surface area contributed by atoms with Gasteiger partial charge in [-0.25, -0.2) is 9.69 Å². The quantitative estimate of drug-likeness (QED) is 0.344. The van der Waals surface area contributed by atoms with Crippen LogP contribution in [0.15, 0.2) is 59.7 Å². The third kappa shape index (κ3) is 3.36. The van der Waals surface area contributed by atoms with Crippen LogP contribution in [-0.2, 0) is 14.3 Å². The number of anilines is 1. The molecule has 0 radical (unpaired) electrons. The molecule has 10 nitrogen and oxygen atoms in total. The van der Waals surface area contributed by atoms with Gasteiger partial charge in [-0.3, -0.25) is 19.4 Å². The average Bonchev–Trinajstić information content (AvgIpc) is 3.39. The van der Waals surface area contributed by atoms with E-state index >= 15 is 0 Å². The van der Waals surface area contributed by atoms with Gasteiger partial charge < -0.3 is 14.2 Å². The first-order chi connectivity index (χ1) is 17.4. The zero-order valence-electron chi connectivity index (χ0n) is 19.8. The number of methoxy groups -OCH3 is 3. The van der Waals surface area contributed by atoms with Crippen molar-refractivity contribution in [3.63, 3.8) is 0 Å². The summed E-state index contributed by atoms with van der Waals surface area (Å²) in [5.74, 6) is -3.18. The lowest BCUT2D eigenvalue weighted by molar-refractivity contribution is -0.123. The molecule has 2 saturated heterocycles. The van der Waals surface area contributed by atoms with Gasteiger partial charge in [0, 0.05) is 11.8 Å². The van der Waals surface area contributed by atoms with Gasteiger partial charge in [-0.2, -0.15) is 5.10 Å². The van der Waals surface area contributed by atoms with Crippen LogP contribution in [0.3, 0.4) is 0 Å². The maximum Gasteiger partial charge on any atom is 0.339 e. The number of carbonyl (C=O) groups excluding carboxylic acids is 4. The first-order valence-electron chi connectivity index (χ1n) is 11.2. The Morgan fingerprint density at radius 1 is 0.917 bits per heavy atom. The number of esters is 1. The number of para-hydroxylation sites is 1. The summed E-state index contributed by atoms with van der Waals surface area (Å²) in [6.45, 7) is 0. The first-order valence-corrected chi connectivity index (χ1v) is 11.2. The van der Waals surface area contributed by atoms with Crippen molar-refractivity contribution in [3.05, 3.63) is 65.7 Å². The Morgan fingerprint density at radius 2 is 1.64 bits per heavy atom. The van der Waals surface area contributed by atoms with Crippen molar-refractivity contribution in [3.8, 4) is 11.5 Å². The van der Waals surface area contributed by atoms with Gasteiger partial charge in [0.05, 0.1) is 50.5 Å². The Hall–Kier alpha value is -4.47. The number of imide groups is 1. The summed E-state index contributed by atoms with van der Waals surface area (Å²) in [6, 6.07) is 9.34. The van der Waals surface area contributed by atoms with Crippen LogP contribution in [0.5, 0.6) is 11.5 Å². The fourth-order valence-electron chi connectivity index (χ4n) is 5.19. The summed E-state index contributed by atoms with van der Waals surface area (Å²) in [5.41, 5.74) is 0.495. The highest BCUT2D eigenvalue weighted by molar-refractivity contribution is 6.26. The molecule has 0 aliphatic carbocycles. The molecule has 2 amide bonds. The molecule has 0 spiro atoms. The number of rotatable bonds is 6. The molecule has 0 bridgehead atoms. The summed E-state index contributed by atoms with van der Waals surface area (Å²) in [5, 5.41) is 5.87. The van der Waals surface area contributed by atoms with E-state index in [9.17, 15) is 19.2 Å². The van der Waals surface area contributed by atoms with Crippen LogP contribution in [0, 0.1) is 11.8 Å². The molecule has 36 heavy (non-hydrogen) atoms. The number of fused-ring (bicyclic) bond motifs is 3. The number of carbonyl (C=O) groups is 4. The number of nitrogens with zero attached hydrogens (tertiary/aromatic N) is 3. The molecule has 0 N–H and O–H groups in total. The topological polar surface area (TPSA) is 115 Å². The molecule has 184 valence electrons. The van der Waals surface area contributed by atoms with Gasteiger partial charge in [0.15, 0.2) is 17.3 Å².